The van der Waals surface area contributed by atoms with Gasteiger partial charge in [0.1, 0.15) is 12.4 Å². The summed E-state index contributed by atoms with van der Waals surface area (Å²) in [6, 6.07) is 3.68. The highest BCUT2D eigenvalue weighted by atomic mass is 16.5. The molecule has 0 spiro atoms. The van der Waals surface area contributed by atoms with Crippen molar-refractivity contribution < 1.29 is 13.9 Å². The highest BCUT2D eigenvalue weighted by Crippen LogP contribution is 2.01. The van der Waals surface area contributed by atoms with Crippen LogP contribution < -0.4 is 10.6 Å². The summed E-state index contributed by atoms with van der Waals surface area (Å²) >= 11 is 0. The van der Waals surface area contributed by atoms with Crippen LogP contribution in [-0.4, -0.2) is 32.1 Å². The molecule has 5 nitrogen and oxygen atoms in total. The minimum Gasteiger partial charge on any atom is -0.467 e. The van der Waals surface area contributed by atoms with Crippen molar-refractivity contribution in [2.45, 2.75) is 13.0 Å². The van der Waals surface area contributed by atoms with Crippen LogP contribution in [0.4, 0.5) is 0 Å². The van der Waals surface area contributed by atoms with Crippen LogP contribution in [0.25, 0.3) is 0 Å². The molecule has 18 heavy (non-hydrogen) atoms. The zero-order chi connectivity index (χ0) is 13.1. The second-order valence-corrected chi connectivity index (χ2v) is 3.64. The van der Waals surface area contributed by atoms with Gasteiger partial charge in [0.25, 0.3) is 0 Å². The first kappa shape index (κ1) is 14.3. The standard InChI is InChI=1S/C13H18N2O3/c1-2-6-14-10-13(16)15-7-4-8-17-11-12-5-3-9-18-12/h1,3,5,9,14H,4,6-8,10-11H2,(H,15,16). The van der Waals surface area contributed by atoms with Gasteiger partial charge in [0.05, 0.1) is 19.4 Å². The number of ether oxygens (including phenoxy) is 1. The summed E-state index contributed by atoms with van der Waals surface area (Å²) in [6.07, 6.45) is 7.42. The molecule has 0 aliphatic carbocycles. The molecule has 1 amide bonds. The molecule has 1 rings (SSSR count). The zero-order valence-electron chi connectivity index (χ0n) is 10.3. The lowest BCUT2D eigenvalue weighted by atomic mass is 10.4. The number of hydrogen-bond acceptors (Lipinski definition) is 4. The predicted octanol–water partition coefficient (Wildman–Crippen LogP) is 0.525. The molecule has 0 saturated carbocycles. The van der Waals surface area contributed by atoms with Crippen molar-refractivity contribution in [3.8, 4) is 12.3 Å². The fourth-order valence-corrected chi connectivity index (χ4v) is 1.28. The molecule has 0 aromatic carbocycles. The van der Waals surface area contributed by atoms with E-state index in [4.69, 9.17) is 15.6 Å². The molecule has 0 unspecified atom stereocenters. The molecule has 1 heterocycles. The Morgan fingerprint density at radius 1 is 1.56 bits per heavy atom. The summed E-state index contributed by atoms with van der Waals surface area (Å²) in [4.78, 5) is 11.2. The first-order chi connectivity index (χ1) is 8.83. The van der Waals surface area contributed by atoms with Gasteiger partial charge in [0.2, 0.25) is 5.91 Å². The molecule has 0 radical (unpaired) electrons. The number of nitrogens with one attached hydrogen (secondary N) is 2. The molecule has 0 aliphatic rings. The summed E-state index contributed by atoms with van der Waals surface area (Å²) in [5.41, 5.74) is 0. The highest BCUT2D eigenvalue weighted by Gasteiger charge is 1.99. The number of furan rings is 1. The molecular weight excluding hydrogens is 232 g/mol. The number of carbonyl (C=O) groups is 1. The normalized spacial score (nSPS) is 9.94. The number of amides is 1. The SMILES string of the molecule is C#CCNCC(=O)NCCCOCc1ccco1. The van der Waals surface area contributed by atoms with E-state index in [9.17, 15) is 4.79 Å². The topological polar surface area (TPSA) is 63.5 Å². The maximum Gasteiger partial charge on any atom is 0.233 e. The first-order valence-corrected chi connectivity index (χ1v) is 5.84. The second-order valence-electron chi connectivity index (χ2n) is 3.64. The van der Waals surface area contributed by atoms with E-state index in [2.05, 4.69) is 16.6 Å². The van der Waals surface area contributed by atoms with Gasteiger partial charge >= 0.3 is 0 Å². The van der Waals surface area contributed by atoms with Crippen LogP contribution in [0.2, 0.25) is 0 Å². The van der Waals surface area contributed by atoms with Gasteiger partial charge in [0, 0.05) is 13.2 Å². The molecule has 1 aromatic heterocycles. The van der Waals surface area contributed by atoms with Crippen LogP contribution in [0.5, 0.6) is 0 Å². The molecule has 5 heteroatoms. The highest BCUT2D eigenvalue weighted by molar-refractivity contribution is 5.77. The van der Waals surface area contributed by atoms with E-state index in [-0.39, 0.29) is 12.5 Å². The summed E-state index contributed by atoms with van der Waals surface area (Å²) in [5, 5.41) is 5.58. The van der Waals surface area contributed by atoms with Crippen molar-refractivity contribution in [3.63, 3.8) is 0 Å². The first-order valence-electron chi connectivity index (χ1n) is 5.84. The van der Waals surface area contributed by atoms with E-state index < -0.39 is 0 Å². The Balaban J connectivity index is 1.89. The molecule has 2 N–H and O–H groups in total. The Labute approximate surface area is 107 Å². The summed E-state index contributed by atoms with van der Waals surface area (Å²) in [6.45, 7) is 2.29. The van der Waals surface area contributed by atoms with E-state index in [0.29, 0.717) is 26.3 Å². The molecule has 0 saturated heterocycles. The van der Waals surface area contributed by atoms with Gasteiger partial charge in [-0.3, -0.25) is 10.1 Å². The van der Waals surface area contributed by atoms with Crippen LogP contribution in [0, 0.1) is 12.3 Å². The third kappa shape index (κ3) is 6.74. The third-order valence-electron chi connectivity index (χ3n) is 2.12. The van der Waals surface area contributed by atoms with Gasteiger partial charge in [-0.15, -0.1) is 6.42 Å². The lowest BCUT2D eigenvalue weighted by Crippen LogP contribution is -2.34. The van der Waals surface area contributed by atoms with Crippen LogP contribution >= 0.6 is 0 Å². The number of terminal acetylenes is 1. The van der Waals surface area contributed by atoms with Crippen molar-refractivity contribution in [3.05, 3.63) is 24.2 Å². The van der Waals surface area contributed by atoms with E-state index in [1.54, 1.807) is 6.26 Å². The smallest absolute Gasteiger partial charge is 0.233 e. The average molecular weight is 250 g/mol. The maximum atomic E-state index is 11.2. The van der Waals surface area contributed by atoms with E-state index >= 15 is 0 Å². The number of hydrogen-bond donors (Lipinski definition) is 2. The van der Waals surface area contributed by atoms with Gasteiger partial charge in [0.15, 0.2) is 0 Å². The Morgan fingerprint density at radius 3 is 3.17 bits per heavy atom. The average Bonchev–Trinajstić information content (AvgIpc) is 2.87. The monoisotopic (exact) mass is 250 g/mol. The van der Waals surface area contributed by atoms with Gasteiger partial charge in [-0.25, -0.2) is 0 Å². The van der Waals surface area contributed by atoms with Gasteiger partial charge < -0.3 is 14.5 Å². The van der Waals surface area contributed by atoms with Gasteiger partial charge in [-0.1, -0.05) is 5.92 Å². The van der Waals surface area contributed by atoms with Crippen molar-refractivity contribution in [2.75, 3.05) is 26.2 Å². The molecular formula is C13H18N2O3. The number of carbonyl (C=O) groups excluding carboxylic acids is 1. The summed E-state index contributed by atoms with van der Waals surface area (Å²) in [5.74, 6) is 3.14. The zero-order valence-corrected chi connectivity index (χ0v) is 10.3. The predicted molar refractivity (Wildman–Crippen MR) is 67.7 cm³/mol. The van der Waals surface area contributed by atoms with Crippen LogP contribution in [0.15, 0.2) is 22.8 Å². The summed E-state index contributed by atoms with van der Waals surface area (Å²) in [7, 11) is 0. The molecule has 1 aromatic rings. The molecule has 98 valence electrons. The van der Waals surface area contributed by atoms with Gasteiger partial charge in [-0.05, 0) is 18.6 Å². The van der Waals surface area contributed by atoms with Crippen molar-refractivity contribution in [1.82, 2.24) is 10.6 Å². The lowest BCUT2D eigenvalue weighted by molar-refractivity contribution is -0.120. The lowest BCUT2D eigenvalue weighted by Gasteiger charge is -2.05. The van der Waals surface area contributed by atoms with Crippen LogP contribution in [-0.2, 0) is 16.1 Å². The second kappa shape index (κ2) is 9.28. The van der Waals surface area contributed by atoms with Crippen molar-refractivity contribution in [2.24, 2.45) is 0 Å². The fourth-order valence-electron chi connectivity index (χ4n) is 1.28. The minimum atomic E-state index is -0.0590. The van der Waals surface area contributed by atoms with E-state index in [0.717, 1.165) is 12.2 Å². The Hall–Kier alpha value is -1.77. The quantitative estimate of drug-likeness (QED) is 0.495. The minimum absolute atomic E-state index is 0.0590. The van der Waals surface area contributed by atoms with E-state index in [1.807, 2.05) is 12.1 Å². The Bertz CT molecular complexity index is 368. The van der Waals surface area contributed by atoms with Gasteiger partial charge in [-0.2, -0.15) is 0 Å². The largest absolute Gasteiger partial charge is 0.467 e. The summed E-state index contributed by atoms with van der Waals surface area (Å²) < 4.78 is 10.5. The van der Waals surface area contributed by atoms with Crippen molar-refractivity contribution >= 4 is 5.91 Å². The molecule has 0 aliphatic heterocycles. The fraction of sp³-hybridized carbons (Fsp3) is 0.462. The van der Waals surface area contributed by atoms with E-state index in [1.165, 1.54) is 0 Å². The maximum absolute atomic E-state index is 11.2. The Kier molecular flexibility index (Phi) is 7.37. The molecule has 0 fully saturated rings. The van der Waals surface area contributed by atoms with Crippen molar-refractivity contribution in [1.29, 1.82) is 0 Å². The molecule has 0 bridgehead atoms. The van der Waals surface area contributed by atoms with Crippen LogP contribution in [0.3, 0.4) is 0 Å². The Morgan fingerprint density at radius 2 is 2.44 bits per heavy atom. The number of rotatable bonds is 9. The molecule has 0 atom stereocenters. The van der Waals surface area contributed by atoms with Crippen LogP contribution in [0.1, 0.15) is 12.2 Å². The third-order valence-corrected chi connectivity index (χ3v) is 2.12.